The Labute approximate surface area is 416 Å². The molecule has 2 aliphatic heterocycles. The molecular formula is C57H64Cl2N8O2+2. The minimum absolute atomic E-state index is 0.232. The molecule has 2 aliphatic rings. The predicted molar refractivity (Wildman–Crippen MR) is 283 cm³/mol. The number of hydrogen-bond acceptors (Lipinski definition) is 7. The van der Waals surface area contributed by atoms with Crippen molar-refractivity contribution in [2.24, 2.45) is 0 Å². The number of fused-ring (bicyclic) bond motifs is 4. The van der Waals surface area contributed by atoms with Crippen LogP contribution < -0.4 is 5.32 Å². The molecule has 10 rings (SSSR count). The molecule has 0 spiro atoms. The molecule has 0 bridgehead atoms. The summed E-state index contributed by atoms with van der Waals surface area (Å²) in [5.41, 5.74) is 9.03. The Morgan fingerprint density at radius 2 is 1.17 bits per heavy atom. The van der Waals surface area contributed by atoms with E-state index in [1.807, 2.05) is 88.8 Å². The largest absolute Gasteiger partial charge is 0.444 e. The third kappa shape index (κ3) is 11.6. The number of halogens is 2. The van der Waals surface area contributed by atoms with Crippen LogP contribution in [0.15, 0.2) is 110 Å². The first-order valence-corrected chi connectivity index (χ1v) is 25.4. The minimum atomic E-state index is -0.496. The van der Waals surface area contributed by atoms with Gasteiger partial charge in [0.2, 0.25) is 0 Å². The molecule has 356 valence electrons. The number of piperidine rings is 2. The van der Waals surface area contributed by atoms with E-state index in [-0.39, 0.29) is 12.0 Å². The molecule has 0 saturated carbocycles. The summed E-state index contributed by atoms with van der Waals surface area (Å²) in [6, 6.07) is 25.7. The van der Waals surface area contributed by atoms with Crippen molar-refractivity contribution in [2.75, 3.05) is 26.2 Å². The van der Waals surface area contributed by atoms with Crippen molar-refractivity contribution < 1.29 is 9.53 Å². The predicted octanol–water partition coefficient (Wildman–Crippen LogP) is 13.5. The summed E-state index contributed by atoms with van der Waals surface area (Å²) < 4.78 is 9.95. The molecule has 0 radical (unpaired) electrons. The fraction of sp³-hybridized carbons (Fsp3) is 0.386. The lowest BCUT2D eigenvalue weighted by Gasteiger charge is -2.33. The Morgan fingerprint density at radius 3 is 1.62 bits per heavy atom. The van der Waals surface area contributed by atoms with E-state index in [0.717, 1.165) is 115 Å². The van der Waals surface area contributed by atoms with Gasteiger partial charge in [-0.05, 0) is 147 Å². The first-order valence-electron chi connectivity index (χ1n) is 24.7. The zero-order valence-electron chi connectivity index (χ0n) is 40.6. The highest BCUT2D eigenvalue weighted by Gasteiger charge is 2.32. The molecule has 12 heteroatoms. The lowest BCUT2D eigenvalue weighted by atomic mass is 9.86. The van der Waals surface area contributed by atoms with Crippen LogP contribution >= 0.6 is 23.2 Å². The highest BCUT2D eigenvalue weighted by Crippen LogP contribution is 2.40. The van der Waals surface area contributed by atoms with Gasteiger partial charge < -0.3 is 24.1 Å². The number of nitrogens with zero attached hydrogens (tertiary/aromatic N) is 7. The normalized spacial score (nSPS) is 14.9. The molecule has 8 aromatic rings. The number of hydrogen-bond donors (Lipinski definition) is 1. The number of carbonyl (C=O) groups is 1. The van der Waals surface area contributed by atoms with E-state index in [1.165, 1.54) is 49.2 Å². The Morgan fingerprint density at radius 1 is 0.696 bits per heavy atom. The summed E-state index contributed by atoms with van der Waals surface area (Å²) in [6.45, 7) is 15.1. The number of aryl methyl sites for hydroxylation is 6. The van der Waals surface area contributed by atoms with E-state index in [9.17, 15) is 4.79 Å². The zero-order valence-corrected chi connectivity index (χ0v) is 42.2. The van der Waals surface area contributed by atoms with Crippen molar-refractivity contribution in [1.29, 1.82) is 0 Å². The van der Waals surface area contributed by atoms with Gasteiger partial charge in [0.05, 0.1) is 56.7 Å². The van der Waals surface area contributed by atoms with Gasteiger partial charge in [0.25, 0.3) is 0 Å². The number of imidazole rings is 2. The Kier molecular flexibility index (Phi) is 15.0. The third-order valence-corrected chi connectivity index (χ3v) is 14.1. The average molecular weight is 964 g/mol. The van der Waals surface area contributed by atoms with Crippen LogP contribution in [0.4, 0.5) is 4.79 Å². The maximum absolute atomic E-state index is 12.7. The van der Waals surface area contributed by atoms with E-state index in [2.05, 4.69) is 85.3 Å². The summed E-state index contributed by atoms with van der Waals surface area (Å²) in [5.74, 6) is 0.792. The van der Waals surface area contributed by atoms with E-state index < -0.39 is 5.60 Å². The van der Waals surface area contributed by atoms with Gasteiger partial charge >= 0.3 is 6.09 Å². The highest BCUT2D eigenvalue weighted by molar-refractivity contribution is 6.31. The average Bonchev–Trinajstić information content (AvgIpc) is 3.89. The summed E-state index contributed by atoms with van der Waals surface area (Å²) in [4.78, 5) is 33.0. The van der Waals surface area contributed by atoms with Gasteiger partial charge in [0, 0.05) is 133 Å². The molecular weight excluding hydrogens is 900 g/mol. The Hall–Kier alpha value is -5.81. The summed E-state index contributed by atoms with van der Waals surface area (Å²) in [6.07, 6.45) is 19.5. The van der Waals surface area contributed by atoms with Crippen LogP contribution in [-0.2, 0) is 30.7 Å². The van der Waals surface area contributed by atoms with Crippen LogP contribution in [0, 0.1) is 13.8 Å². The SMILES string of the molecule is Cc1cn(CCCc2cc3cccnc3c(C3CCN(C(=O)OC(C)(C)C)CC3)c3ccc(Cl)c[c+]23)cn1.Cc1cn(CCCc2cc3cccnc3c(C3CCNCC3)c3ccc(Cl)c[c+]23)cn1. The van der Waals surface area contributed by atoms with Gasteiger partial charge in [-0.1, -0.05) is 0 Å². The number of aromatic nitrogens is 6. The molecule has 0 unspecified atom stereocenters. The molecule has 69 heavy (non-hydrogen) atoms. The first kappa shape index (κ1) is 48.2. The van der Waals surface area contributed by atoms with Crippen LogP contribution in [0.5, 0.6) is 0 Å². The smallest absolute Gasteiger partial charge is 0.410 e. The zero-order chi connectivity index (χ0) is 48.1. The third-order valence-electron chi connectivity index (χ3n) is 13.6. The second-order valence-corrected chi connectivity index (χ2v) is 20.8. The molecule has 10 nitrogen and oxygen atoms in total. The van der Waals surface area contributed by atoms with E-state index in [4.69, 9.17) is 37.9 Å². The quantitative estimate of drug-likeness (QED) is 0.136. The van der Waals surface area contributed by atoms with Gasteiger partial charge in [-0.2, -0.15) is 0 Å². The van der Waals surface area contributed by atoms with Crippen molar-refractivity contribution in [3.05, 3.63) is 154 Å². The van der Waals surface area contributed by atoms with Crippen molar-refractivity contribution >= 4 is 72.6 Å². The molecule has 2 fully saturated rings. The lowest BCUT2D eigenvalue weighted by Crippen LogP contribution is -2.41. The molecule has 4 aromatic heterocycles. The maximum Gasteiger partial charge on any atom is 0.410 e. The second-order valence-electron chi connectivity index (χ2n) is 19.9. The van der Waals surface area contributed by atoms with Crippen molar-refractivity contribution in [1.82, 2.24) is 39.3 Å². The van der Waals surface area contributed by atoms with Crippen LogP contribution in [0.2, 0.25) is 10.0 Å². The number of amides is 1. The Balaban J connectivity index is 0.000000175. The second kappa shape index (κ2) is 21.5. The van der Waals surface area contributed by atoms with Gasteiger partial charge in [0.15, 0.2) is 0 Å². The molecule has 1 N–H and O–H groups in total. The summed E-state index contributed by atoms with van der Waals surface area (Å²) >= 11 is 13.1. The monoisotopic (exact) mass is 962 g/mol. The number of ether oxygens (including phenoxy) is 1. The number of benzene rings is 2. The van der Waals surface area contributed by atoms with Crippen LogP contribution in [-0.4, -0.2) is 71.8 Å². The summed E-state index contributed by atoms with van der Waals surface area (Å²) in [5, 5.41) is 12.3. The molecule has 1 amide bonds. The van der Waals surface area contributed by atoms with Crippen molar-refractivity contribution in [3.8, 4) is 0 Å². The molecule has 0 aliphatic carbocycles. The van der Waals surface area contributed by atoms with E-state index in [0.29, 0.717) is 19.0 Å². The summed E-state index contributed by atoms with van der Waals surface area (Å²) in [7, 11) is 0. The van der Waals surface area contributed by atoms with Crippen LogP contribution in [0.3, 0.4) is 0 Å². The number of likely N-dealkylation sites (tertiary alicyclic amines) is 1. The standard InChI is InChI=1S/C31H36ClN4O2.C26H28ClN4/c1-21-19-35(20-34-21)14-6-8-23-17-24-7-5-13-33-29(24)28(26-10-9-25(32)18-27(23)26)22-11-15-36(16-12-22)30(37)38-31(2,3)4;1-18-16-31(17-30-18)13-3-5-20-14-21-4-2-10-29-26(21)25(19-8-11-28-12-9-19)23-7-6-22(27)15-24(20)23/h5,7,9-10,13,17-20,22H,6,8,11-12,14-16H2,1-4H3;2,4,6-7,10,14-17,19,28H,3,5,8-9,11-13H2,1H3/q2*+1. The van der Waals surface area contributed by atoms with Crippen molar-refractivity contribution in [3.63, 3.8) is 0 Å². The number of carbonyl (C=O) groups excluding carboxylic acids is 1. The van der Waals surface area contributed by atoms with Crippen LogP contribution in [0.25, 0.3) is 43.4 Å². The van der Waals surface area contributed by atoms with E-state index in [1.54, 1.807) is 0 Å². The number of pyridine rings is 2. The maximum atomic E-state index is 12.7. The van der Waals surface area contributed by atoms with E-state index >= 15 is 0 Å². The lowest BCUT2D eigenvalue weighted by molar-refractivity contribution is 0.0205. The molecule has 6 heterocycles. The van der Waals surface area contributed by atoms with Gasteiger partial charge in [0.1, 0.15) is 26.7 Å². The first-order chi connectivity index (χ1) is 33.4. The molecule has 4 aromatic carbocycles. The van der Waals surface area contributed by atoms with Crippen molar-refractivity contribution in [2.45, 2.75) is 117 Å². The highest BCUT2D eigenvalue weighted by atomic mass is 35.5. The van der Waals surface area contributed by atoms with Crippen LogP contribution in [0.1, 0.15) is 105 Å². The fourth-order valence-electron chi connectivity index (χ4n) is 10.5. The van der Waals surface area contributed by atoms with Gasteiger partial charge in [-0.15, -0.1) is 0 Å². The Bertz CT molecular complexity index is 3120. The number of rotatable bonds is 10. The molecule has 2 saturated heterocycles. The molecule has 0 atom stereocenters. The number of nitrogens with one attached hydrogen (secondary N) is 1. The topological polar surface area (TPSA) is 103 Å². The fourth-order valence-corrected chi connectivity index (χ4v) is 10.8. The minimum Gasteiger partial charge on any atom is -0.444 e. The van der Waals surface area contributed by atoms with Gasteiger partial charge in [-0.3, -0.25) is 0 Å². The van der Waals surface area contributed by atoms with Gasteiger partial charge in [-0.25, -0.2) is 24.7 Å².